The van der Waals surface area contributed by atoms with Gasteiger partial charge in [-0.05, 0) is 6.92 Å². The lowest BCUT2D eigenvalue weighted by molar-refractivity contribution is -0.142. The number of methoxy groups -OCH3 is 1. The molecular weight excluding hydrogens is 252 g/mol. The first-order chi connectivity index (χ1) is 9.20. The van der Waals surface area contributed by atoms with Crippen LogP contribution in [0.1, 0.15) is 31.5 Å². The largest absolute Gasteiger partial charge is 0.466 e. The SMILES string of the molecule is CCOC(=O)Cc1nc(C2(OC)CCOCC2)no1. The summed E-state index contributed by atoms with van der Waals surface area (Å²) in [5.41, 5.74) is -0.575. The summed E-state index contributed by atoms with van der Waals surface area (Å²) in [6, 6.07) is 0. The van der Waals surface area contributed by atoms with E-state index in [2.05, 4.69) is 10.1 Å². The molecule has 1 aliphatic rings. The van der Waals surface area contributed by atoms with Gasteiger partial charge >= 0.3 is 5.97 Å². The molecule has 0 bridgehead atoms. The Morgan fingerprint density at radius 3 is 2.79 bits per heavy atom. The van der Waals surface area contributed by atoms with Gasteiger partial charge in [0, 0.05) is 33.2 Å². The molecule has 0 N–H and O–H groups in total. The summed E-state index contributed by atoms with van der Waals surface area (Å²) in [7, 11) is 1.62. The van der Waals surface area contributed by atoms with Crippen LogP contribution in [0.5, 0.6) is 0 Å². The predicted molar refractivity (Wildman–Crippen MR) is 63.4 cm³/mol. The van der Waals surface area contributed by atoms with E-state index in [1.165, 1.54) is 0 Å². The molecule has 7 heteroatoms. The van der Waals surface area contributed by atoms with Crippen LogP contribution in [0.3, 0.4) is 0 Å². The summed E-state index contributed by atoms with van der Waals surface area (Å²) in [5, 5.41) is 3.92. The van der Waals surface area contributed by atoms with E-state index in [4.69, 9.17) is 18.7 Å². The van der Waals surface area contributed by atoms with Crippen molar-refractivity contribution in [1.29, 1.82) is 0 Å². The highest BCUT2D eigenvalue weighted by Crippen LogP contribution is 2.33. The van der Waals surface area contributed by atoms with Gasteiger partial charge in [0.2, 0.25) is 11.7 Å². The van der Waals surface area contributed by atoms with Crippen LogP contribution in [-0.4, -0.2) is 43.0 Å². The molecule has 0 aromatic carbocycles. The van der Waals surface area contributed by atoms with Crippen LogP contribution in [0.4, 0.5) is 0 Å². The van der Waals surface area contributed by atoms with Crippen molar-refractivity contribution < 1.29 is 23.5 Å². The molecule has 1 aromatic rings. The smallest absolute Gasteiger partial charge is 0.315 e. The average Bonchev–Trinajstić information content (AvgIpc) is 2.89. The predicted octanol–water partition coefficient (Wildman–Crippen LogP) is 0.827. The van der Waals surface area contributed by atoms with E-state index in [0.717, 1.165) is 0 Å². The van der Waals surface area contributed by atoms with Crippen molar-refractivity contribution in [2.45, 2.75) is 31.8 Å². The third-order valence-electron chi connectivity index (χ3n) is 3.17. The highest BCUT2D eigenvalue weighted by Gasteiger charge is 2.39. The monoisotopic (exact) mass is 270 g/mol. The number of nitrogens with zero attached hydrogens (tertiary/aromatic N) is 2. The molecule has 0 amide bonds. The normalized spacial score (nSPS) is 18.2. The summed E-state index contributed by atoms with van der Waals surface area (Å²) < 4.78 is 20.8. The van der Waals surface area contributed by atoms with E-state index in [0.29, 0.717) is 38.5 Å². The van der Waals surface area contributed by atoms with Crippen molar-refractivity contribution in [3.05, 3.63) is 11.7 Å². The van der Waals surface area contributed by atoms with Crippen LogP contribution < -0.4 is 0 Å². The zero-order valence-corrected chi connectivity index (χ0v) is 11.2. The first-order valence-electron chi connectivity index (χ1n) is 6.32. The van der Waals surface area contributed by atoms with Crippen molar-refractivity contribution in [1.82, 2.24) is 10.1 Å². The van der Waals surface area contributed by atoms with E-state index < -0.39 is 5.60 Å². The van der Waals surface area contributed by atoms with Crippen molar-refractivity contribution in [3.8, 4) is 0 Å². The zero-order valence-electron chi connectivity index (χ0n) is 11.2. The lowest BCUT2D eigenvalue weighted by Crippen LogP contribution is -2.36. The highest BCUT2D eigenvalue weighted by molar-refractivity contribution is 5.71. The zero-order chi connectivity index (χ0) is 13.7. The van der Waals surface area contributed by atoms with Crippen molar-refractivity contribution in [2.24, 2.45) is 0 Å². The summed E-state index contributed by atoms with van der Waals surface area (Å²) in [6.45, 7) is 3.27. The van der Waals surface area contributed by atoms with Gasteiger partial charge in [-0.15, -0.1) is 0 Å². The number of aromatic nitrogens is 2. The fraction of sp³-hybridized carbons (Fsp3) is 0.750. The molecule has 0 radical (unpaired) electrons. The Morgan fingerprint density at radius 2 is 2.16 bits per heavy atom. The van der Waals surface area contributed by atoms with Gasteiger partial charge in [-0.3, -0.25) is 4.79 Å². The van der Waals surface area contributed by atoms with E-state index in [1.807, 2.05) is 0 Å². The Kier molecular flexibility index (Phi) is 4.49. The number of esters is 1. The van der Waals surface area contributed by atoms with Gasteiger partial charge < -0.3 is 18.7 Å². The summed E-state index contributed by atoms with van der Waals surface area (Å²) in [4.78, 5) is 15.6. The molecule has 0 spiro atoms. The quantitative estimate of drug-likeness (QED) is 0.732. The van der Waals surface area contributed by atoms with Crippen LogP contribution in [-0.2, 0) is 31.0 Å². The molecule has 19 heavy (non-hydrogen) atoms. The maximum Gasteiger partial charge on any atom is 0.315 e. The van der Waals surface area contributed by atoms with Gasteiger partial charge in [-0.25, -0.2) is 0 Å². The van der Waals surface area contributed by atoms with Gasteiger partial charge in [0.15, 0.2) is 0 Å². The fourth-order valence-electron chi connectivity index (χ4n) is 2.07. The number of rotatable bonds is 5. The maximum atomic E-state index is 11.3. The van der Waals surface area contributed by atoms with E-state index >= 15 is 0 Å². The lowest BCUT2D eigenvalue weighted by Gasteiger charge is -2.32. The lowest BCUT2D eigenvalue weighted by atomic mass is 9.93. The van der Waals surface area contributed by atoms with Crippen molar-refractivity contribution in [3.63, 3.8) is 0 Å². The third-order valence-corrected chi connectivity index (χ3v) is 3.17. The van der Waals surface area contributed by atoms with Crippen LogP contribution in [0.25, 0.3) is 0 Å². The Hall–Kier alpha value is -1.47. The maximum absolute atomic E-state index is 11.3. The molecule has 0 aliphatic carbocycles. The van der Waals surface area contributed by atoms with Crippen LogP contribution in [0.2, 0.25) is 0 Å². The molecule has 1 aliphatic heterocycles. The molecule has 7 nitrogen and oxygen atoms in total. The minimum absolute atomic E-state index is 0.0167. The Bertz CT molecular complexity index is 426. The highest BCUT2D eigenvalue weighted by atomic mass is 16.5. The molecule has 2 rings (SSSR count). The number of hydrogen-bond donors (Lipinski definition) is 0. The van der Waals surface area contributed by atoms with Crippen LogP contribution >= 0.6 is 0 Å². The number of carbonyl (C=O) groups excluding carboxylic acids is 1. The van der Waals surface area contributed by atoms with E-state index in [1.54, 1.807) is 14.0 Å². The van der Waals surface area contributed by atoms with E-state index in [-0.39, 0.29) is 18.3 Å². The summed E-state index contributed by atoms with van der Waals surface area (Å²) in [5.74, 6) is 0.338. The second-order valence-corrected chi connectivity index (χ2v) is 4.30. The van der Waals surface area contributed by atoms with Crippen LogP contribution in [0.15, 0.2) is 4.52 Å². The Labute approximate surface area is 111 Å². The van der Waals surface area contributed by atoms with Crippen LogP contribution in [0, 0.1) is 0 Å². The molecule has 2 heterocycles. The van der Waals surface area contributed by atoms with Gasteiger partial charge in [-0.2, -0.15) is 4.98 Å². The van der Waals surface area contributed by atoms with Gasteiger partial charge in [0.05, 0.1) is 6.61 Å². The molecular formula is C12H18N2O5. The number of hydrogen-bond acceptors (Lipinski definition) is 7. The molecule has 106 valence electrons. The first kappa shape index (κ1) is 14.0. The Balaban J connectivity index is 2.08. The van der Waals surface area contributed by atoms with E-state index in [9.17, 15) is 4.79 Å². The minimum atomic E-state index is -0.575. The second kappa shape index (κ2) is 6.12. The summed E-state index contributed by atoms with van der Waals surface area (Å²) in [6.07, 6.45) is 1.32. The molecule has 1 fully saturated rings. The topological polar surface area (TPSA) is 83.7 Å². The fourth-order valence-corrected chi connectivity index (χ4v) is 2.07. The molecule has 1 saturated heterocycles. The van der Waals surface area contributed by atoms with Gasteiger partial charge in [0.1, 0.15) is 12.0 Å². The molecule has 0 saturated carbocycles. The second-order valence-electron chi connectivity index (χ2n) is 4.30. The van der Waals surface area contributed by atoms with Gasteiger partial charge in [0.25, 0.3) is 0 Å². The molecule has 0 atom stereocenters. The standard InChI is InChI=1S/C12H18N2O5/c1-3-18-10(15)8-9-13-11(14-19-9)12(16-2)4-6-17-7-5-12/h3-8H2,1-2H3. The molecule has 1 aromatic heterocycles. The summed E-state index contributed by atoms with van der Waals surface area (Å²) >= 11 is 0. The Morgan fingerprint density at radius 1 is 1.42 bits per heavy atom. The number of carbonyl (C=O) groups is 1. The average molecular weight is 270 g/mol. The first-order valence-corrected chi connectivity index (χ1v) is 6.32. The van der Waals surface area contributed by atoms with Gasteiger partial charge in [-0.1, -0.05) is 5.16 Å². The van der Waals surface area contributed by atoms with Crippen molar-refractivity contribution in [2.75, 3.05) is 26.9 Å². The minimum Gasteiger partial charge on any atom is -0.466 e. The molecule has 0 unspecified atom stereocenters. The third kappa shape index (κ3) is 3.10. The van der Waals surface area contributed by atoms with Crippen molar-refractivity contribution >= 4 is 5.97 Å². The number of ether oxygens (including phenoxy) is 3.